The van der Waals surface area contributed by atoms with Crippen LogP contribution in [0.15, 0.2) is 63.0 Å². The molecular weight excluding hydrogens is 440 g/mol. The molecule has 2 heterocycles. The number of aromatic nitrogens is 4. The van der Waals surface area contributed by atoms with Crippen molar-refractivity contribution in [2.45, 2.75) is 6.67 Å². The van der Waals surface area contributed by atoms with Crippen LogP contribution in [0.25, 0.3) is 0 Å². The van der Waals surface area contributed by atoms with E-state index in [0.29, 0.717) is 6.67 Å². The van der Waals surface area contributed by atoms with Gasteiger partial charge in [0.1, 0.15) is 6.67 Å². The molecule has 0 saturated carbocycles. The maximum atomic E-state index is 12.0. The fourth-order valence-corrected chi connectivity index (χ4v) is 2.68. The summed E-state index contributed by atoms with van der Waals surface area (Å²) in [6, 6.07) is 9.22. The molecule has 7 nitrogen and oxygen atoms in total. The lowest BCUT2D eigenvalue weighted by molar-refractivity contribution is 0.0949. The maximum Gasteiger partial charge on any atom is 0.291 e. The van der Waals surface area contributed by atoms with Crippen molar-refractivity contribution in [1.82, 2.24) is 25.0 Å². The van der Waals surface area contributed by atoms with Crippen LogP contribution >= 0.6 is 31.9 Å². The SMILES string of the molecule is O=C(NN=Cc1cccc(Br)c1)c1ccn(Cn2cc(Br)cn2)n1. The van der Waals surface area contributed by atoms with Crippen LogP contribution in [-0.4, -0.2) is 31.7 Å². The van der Waals surface area contributed by atoms with Crippen molar-refractivity contribution in [1.29, 1.82) is 0 Å². The average Bonchev–Trinajstić information content (AvgIpc) is 3.17. The van der Waals surface area contributed by atoms with Crippen molar-refractivity contribution < 1.29 is 4.79 Å². The Morgan fingerprint density at radius 2 is 2.12 bits per heavy atom. The lowest BCUT2D eigenvalue weighted by Gasteiger charge is -2.01. The fourth-order valence-electron chi connectivity index (χ4n) is 1.94. The Hall–Kier alpha value is -2.26. The molecule has 9 heteroatoms. The second-order valence-corrected chi connectivity index (χ2v) is 6.67. The normalized spacial score (nSPS) is 11.1. The number of benzene rings is 1. The van der Waals surface area contributed by atoms with Crippen molar-refractivity contribution >= 4 is 44.0 Å². The number of nitrogens with one attached hydrogen (secondary N) is 1. The first-order valence-electron chi connectivity index (χ1n) is 6.90. The highest BCUT2D eigenvalue weighted by atomic mass is 79.9. The van der Waals surface area contributed by atoms with Gasteiger partial charge in [-0.1, -0.05) is 28.1 Å². The van der Waals surface area contributed by atoms with Gasteiger partial charge in [-0.2, -0.15) is 15.3 Å². The van der Waals surface area contributed by atoms with Gasteiger partial charge in [0.25, 0.3) is 5.91 Å². The molecule has 122 valence electrons. The maximum absolute atomic E-state index is 12.0. The second kappa shape index (κ2) is 7.54. The van der Waals surface area contributed by atoms with Gasteiger partial charge in [-0.25, -0.2) is 10.1 Å². The summed E-state index contributed by atoms with van der Waals surface area (Å²) in [6.07, 6.45) is 6.79. The predicted molar refractivity (Wildman–Crippen MR) is 96.8 cm³/mol. The van der Waals surface area contributed by atoms with E-state index in [0.717, 1.165) is 14.5 Å². The van der Waals surface area contributed by atoms with Crippen molar-refractivity contribution in [3.05, 3.63) is 69.1 Å². The van der Waals surface area contributed by atoms with E-state index in [1.807, 2.05) is 30.5 Å². The first-order chi connectivity index (χ1) is 11.6. The number of nitrogens with zero attached hydrogens (tertiary/aromatic N) is 5. The molecule has 0 spiro atoms. The smallest absolute Gasteiger partial charge is 0.265 e. The number of carbonyl (C=O) groups is 1. The highest BCUT2D eigenvalue weighted by Crippen LogP contribution is 2.10. The zero-order chi connectivity index (χ0) is 16.9. The Morgan fingerprint density at radius 1 is 1.25 bits per heavy atom. The standard InChI is InChI=1S/C15H12Br2N6O/c16-12-3-1-2-11(6-12)7-18-20-15(24)14-4-5-22(21-14)10-23-9-13(17)8-19-23/h1-9H,10H2,(H,20,24). The number of halogens is 2. The van der Waals surface area contributed by atoms with E-state index in [9.17, 15) is 4.79 Å². The lowest BCUT2D eigenvalue weighted by Crippen LogP contribution is -2.19. The minimum absolute atomic E-state index is 0.285. The highest BCUT2D eigenvalue weighted by molar-refractivity contribution is 9.10. The van der Waals surface area contributed by atoms with E-state index in [1.54, 1.807) is 34.0 Å². The van der Waals surface area contributed by atoms with Crippen molar-refractivity contribution in [3.8, 4) is 0 Å². The van der Waals surface area contributed by atoms with Crippen LogP contribution in [0.1, 0.15) is 16.1 Å². The Labute approximate surface area is 154 Å². The molecule has 24 heavy (non-hydrogen) atoms. The quantitative estimate of drug-likeness (QED) is 0.478. The van der Waals surface area contributed by atoms with Crippen LogP contribution in [0, 0.1) is 0 Å². The minimum atomic E-state index is -0.373. The number of hydrogen-bond acceptors (Lipinski definition) is 4. The Bertz CT molecular complexity index is 885. The topological polar surface area (TPSA) is 77.1 Å². The number of hydrogen-bond donors (Lipinski definition) is 1. The molecule has 1 aromatic carbocycles. The molecule has 0 bridgehead atoms. The van der Waals surface area contributed by atoms with Crippen molar-refractivity contribution in [2.24, 2.45) is 5.10 Å². The van der Waals surface area contributed by atoms with Gasteiger partial charge in [0, 0.05) is 16.9 Å². The van der Waals surface area contributed by atoms with E-state index >= 15 is 0 Å². The first-order valence-corrected chi connectivity index (χ1v) is 8.49. The zero-order valence-electron chi connectivity index (χ0n) is 12.3. The Balaban J connectivity index is 1.59. The van der Waals surface area contributed by atoms with Crippen molar-refractivity contribution in [2.75, 3.05) is 0 Å². The summed E-state index contributed by atoms with van der Waals surface area (Å²) >= 11 is 6.71. The predicted octanol–water partition coefficient (Wildman–Crippen LogP) is 2.87. The van der Waals surface area contributed by atoms with Crippen LogP contribution < -0.4 is 5.43 Å². The molecule has 0 aliphatic heterocycles. The molecule has 3 aromatic rings. The number of carbonyl (C=O) groups excluding carboxylic acids is 1. The molecule has 0 atom stereocenters. The van der Waals surface area contributed by atoms with Gasteiger partial charge >= 0.3 is 0 Å². The van der Waals surface area contributed by atoms with Gasteiger partial charge in [-0.05, 0) is 39.7 Å². The largest absolute Gasteiger partial charge is 0.291 e. The Morgan fingerprint density at radius 3 is 2.88 bits per heavy atom. The summed E-state index contributed by atoms with van der Waals surface area (Å²) in [5, 5.41) is 12.3. The number of hydrazone groups is 1. The lowest BCUT2D eigenvalue weighted by atomic mass is 10.2. The molecule has 0 unspecified atom stereocenters. The fraction of sp³-hybridized carbons (Fsp3) is 0.0667. The summed E-state index contributed by atoms with van der Waals surface area (Å²) in [5.41, 5.74) is 3.62. The number of amides is 1. The molecule has 1 amide bonds. The Kier molecular flexibility index (Phi) is 5.21. The van der Waals surface area contributed by atoms with Crippen molar-refractivity contribution in [3.63, 3.8) is 0 Å². The first kappa shape index (κ1) is 16.6. The van der Waals surface area contributed by atoms with E-state index in [4.69, 9.17) is 0 Å². The summed E-state index contributed by atoms with van der Waals surface area (Å²) in [7, 11) is 0. The highest BCUT2D eigenvalue weighted by Gasteiger charge is 2.08. The van der Waals surface area contributed by atoms with Crippen LogP contribution in [-0.2, 0) is 6.67 Å². The molecule has 0 fully saturated rings. The average molecular weight is 452 g/mol. The summed E-state index contributed by atoms with van der Waals surface area (Å²) in [4.78, 5) is 12.0. The molecule has 0 aliphatic rings. The summed E-state index contributed by atoms with van der Waals surface area (Å²) in [6.45, 7) is 0.417. The minimum Gasteiger partial charge on any atom is -0.265 e. The molecule has 0 radical (unpaired) electrons. The molecular formula is C15H12Br2N6O. The van der Waals surface area contributed by atoms with E-state index in [2.05, 4.69) is 52.6 Å². The molecule has 2 aromatic heterocycles. The monoisotopic (exact) mass is 450 g/mol. The zero-order valence-corrected chi connectivity index (χ0v) is 15.5. The molecule has 1 N–H and O–H groups in total. The molecule has 3 rings (SSSR count). The third-order valence-electron chi connectivity index (χ3n) is 2.99. The van der Waals surface area contributed by atoms with Gasteiger partial charge in [-0.15, -0.1) is 0 Å². The van der Waals surface area contributed by atoms with E-state index in [-0.39, 0.29) is 11.6 Å². The third kappa shape index (κ3) is 4.39. The van der Waals surface area contributed by atoms with E-state index < -0.39 is 0 Å². The van der Waals surface area contributed by atoms with Gasteiger partial charge in [-0.3, -0.25) is 9.48 Å². The van der Waals surface area contributed by atoms with Crippen LogP contribution in [0.2, 0.25) is 0 Å². The third-order valence-corrected chi connectivity index (χ3v) is 3.90. The molecule has 0 saturated heterocycles. The van der Waals surface area contributed by atoms with Crippen LogP contribution in [0.4, 0.5) is 0 Å². The summed E-state index contributed by atoms with van der Waals surface area (Å²) < 4.78 is 5.15. The van der Waals surface area contributed by atoms with Crippen LogP contribution in [0.5, 0.6) is 0 Å². The van der Waals surface area contributed by atoms with Crippen LogP contribution in [0.3, 0.4) is 0 Å². The molecule has 0 aliphatic carbocycles. The van der Waals surface area contributed by atoms with E-state index in [1.165, 1.54) is 0 Å². The van der Waals surface area contributed by atoms with Gasteiger partial charge in [0.2, 0.25) is 0 Å². The number of rotatable bonds is 5. The van der Waals surface area contributed by atoms with Gasteiger partial charge in [0.05, 0.1) is 16.9 Å². The van der Waals surface area contributed by atoms with Gasteiger partial charge < -0.3 is 0 Å². The summed E-state index contributed by atoms with van der Waals surface area (Å²) in [5.74, 6) is -0.373. The second-order valence-electron chi connectivity index (χ2n) is 4.83. The van der Waals surface area contributed by atoms with Gasteiger partial charge in [0.15, 0.2) is 5.69 Å².